The van der Waals surface area contributed by atoms with E-state index in [2.05, 4.69) is 10.4 Å². The summed E-state index contributed by atoms with van der Waals surface area (Å²) in [5, 5.41) is 8.21. The van der Waals surface area contributed by atoms with Gasteiger partial charge in [-0.1, -0.05) is 18.2 Å². The lowest BCUT2D eigenvalue weighted by atomic mass is 10.2. The smallest absolute Gasteiger partial charge is 0.242 e. The molecule has 1 aromatic heterocycles. The van der Waals surface area contributed by atoms with E-state index in [0.717, 1.165) is 22.3 Å². The van der Waals surface area contributed by atoms with Gasteiger partial charge in [-0.25, -0.2) is 0 Å². The Morgan fingerprint density at radius 3 is 2.78 bits per heavy atom. The number of carbonyl (C=O) groups excluding carboxylic acids is 2. The van der Waals surface area contributed by atoms with Crippen molar-refractivity contribution >= 4 is 28.4 Å². The number of fused-ring (bicyclic) bond motifs is 1. The summed E-state index contributed by atoms with van der Waals surface area (Å²) < 4.78 is 6.81. The van der Waals surface area contributed by atoms with E-state index in [-0.39, 0.29) is 30.8 Å². The fourth-order valence-corrected chi connectivity index (χ4v) is 3.38. The Labute approximate surface area is 156 Å². The third kappa shape index (κ3) is 3.48. The zero-order chi connectivity index (χ0) is 18.8. The molecule has 27 heavy (non-hydrogen) atoms. The average molecular weight is 364 g/mol. The standard InChI is InChI=1S/C20H20N4O3/c1-27-17-8-6-16(7-9-17)23-12-15(10-20(23)26)22-19(25)13-24-18-5-3-2-4-14(18)11-21-24/h2-9,11,15H,10,12-13H2,1H3,(H,22,25)/t15-/m1/s1. The monoisotopic (exact) mass is 364 g/mol. The Hall–Kier alpha value is -3.35. The SMILES string of the molecule is COc1ccc(N2C[C@H](NC(=O)Cn3ncc4ccccc43)CC2=O)cc1. The van der Waals surface area contributed by atoms with Crippen molar-refractivity contribution in [1.82, 2.24) is 15.1 Å². The molecule has 4 rings (SSSR count). The van der Waals surface area contributed by atoms with E-state index in [1.807, 2.05) is 48.5 Å². The van der Waals surface area contributed by atoms with Crippen molar-refractivity contribution in [2.45, 2.75) is 19.0 Å². The summed E-state index contributed by atoms with van der Waals surface area (Å²) in [5.74, 6) is 0.579. The normalized spacial score (nSPS) is 16.7. The molecule has 2 amide bonds. The summed E-state index contributed by atoms with van der Waals surface area (Å²) in [5.41, 5.74) is 1.71. The summed E-state index contributed by atoms with van der Waals surface area (Å²) in [6.07, 6.45) is 2.03. The maximum atomic E-state index is 12.4. The average Bonchev–Trinajstić information content (AvgIpc) is 3.25. The lowest BCUT2D eigenvalue weighted by Gasteiger charge is -2.17. The van der Waals surface area contributed by atoms with Gasteiger partial charge in [0.1, 0.15) is 12.3 Å². The van der Waals surface area contributed by atoms with Crippen LogP contribution in [0.1, 0.15) is 6.42 Å². The van der Waals surface area contributed by atoms with E-state index in [1.165, 1.54) is 0 Å². The molecule has 0 spiro atoms. The summed E-state index contributed by atoms with van der Waals surface area (Å²) >= 11 is 0. The zero-order valence-corrected chi connectivity index (χ0v) is 15.0. The molecule has 3 aromatic rings. The number of rotatable bonds is 5. The Morgan fingerprint density at radius 1 is 1.22 bits per heavy atom. The van der Waals surface area contributed by atoms with E-state index < -0.39 is 0 Å². The number of aromatic nitrogens is 2. The van der Waals surface area contributed by atoms with Crippen molar-refractivity contribution in [2.75, 3.05) is 18.6 Å². The Kier molecular flexibility index (Phi) is 4.50. The number of methoxy groups -OCH3 is 1. The second kappa shape index (κ2) is 7.11. The number of ether oxygens (including phenoxy) is 1. The number of para-hydroxylation sites is 1. The van der Waals surface area contributed by atoms with Crippen LogP contribution in [0.4, 0.5) is 5.69 Å². The largest absolute Gasteiger partial charge is 0.497 e. The van der Waals surface area contributed by atoms with Crippen molar-refractivity contribution in [3.8, 4) is 5.75 Å². The Balaban J connectivity index is 1.39. The van der Waals surface area contributed by atoms with Crippen LogP contribution in [0.15, 0.2) is 54.7 Å². The lowest BCUT2D eigenvalue weighted by Crippen LogP contribution is -2.39. The second-order valence-corrected chi connectivity index (χ2v) is 6.53. The van der Waals surface area contributed by atoms with Gasteiger partial charge in [-0.2, -0.15) is 5.10 Å². The van der Waals surface area contributed by atoms with Gasteiger partial charge in [0, 0.05) is 24.0 Å². The number of nitrogens with zero attached hydrogens (tertiary/aromatic N) is 3. The maximum Gasteiger partial charge on any atom is 0.242 e. The molecule has 138 valence electrons. The van der Waals surface area contributed by atoms with Crippen LogP contribution in [0.2, 0.25) is 0 Å². The number of amides is 2. The third-order valence-electron chi connectivity index (χ3n) is 4.72. The maximum absolute atomic E-state index is 12.4. The molecule has 1 saturated heterocycles. The van der Waals surface area contributed by atoms with Crippen LogP contribution in [-0.4, -0.2) is 41.3 Å². The van der Waals surface area contributed by atoms with E-state index in [1.54, 1.807) is 22.9 Å². The molecule has 0 bridgehead atoms. The van der Waals surface area contributed by atoms with E-state index >= 15 is 0 Å². The van der Waals surface area contributed by atoms with Gasteiger partial charge < -0.3 is 15.0 Å². The quantitative estimate of drug-likeness (QED) is 0.751. The highest BCUT2D eigenvalue weighted by atomic mass is 16.5. The van der Waals surface area contributed by atoms with Gasteiger partial charge in [-0.05, 0) is 30.3 Å². The minimum absolute atomic E-state index is 0.00462. The number of benzene rings is 2. The molecule has 1 aliphatic heterocycles. The summed E-state index contributed by atoms with van der Waals surface area (Å²) in [7, 11) is 1.60. The van der Waals surface area contributed by atoms with Crippen LogP contribution >= 0.6 is 0 Å². The van der Waals surface area contributed by atoms with Gasteiger partial charge in [-0.3, -0.25) is 14.3 Å². The molecule has 0 unspecified atom stereocenters. The van der Waals surface area contributed by atoms with Crippen LogP contribution in [0.5, 0.6) is 5.75 Å². The van der Waals surface area contributed by atoms with Crippen molar-refractivity contribution in [3.63, 3.8) is 0 Å². The van der Waals surface area contributed by atoms with E-state index in [4.69, 9.17) is 4.74 Å². The molecule has 1 aliphatic rings. The van der Waals surface area contributed by atoms with Crippen molar-refractivity contribution in [2.24, 2.45) is 0 Å². The van der Waals surface area contributed by atoms with Gasteiger partial charge in [0.25, 0.3) is 0 Å². The zero-order valence-electron chi connectivity index (χ0n) is 15.0. The molecule has 2 heterocycles. The predicted molar refractivity (Wildman–Crippen MR) is 102 cm³/mol. The second-order valence-electron chi connectivity index (χ2n) is 6.53. The van der Waals surface area contributed by atoms with Crippen LogP contribution in [0, 0.1) is 0 Å². The molecular formula is C20H20N4O3. The molecule has 0 saturated carbocycles. The van der Waals surface area contributed by atoms with Crippen molar-refractivity contribution in [1.29, 1.82) is 0 Å². The first-order valence-corrected chi connectivity index (χ1v) is 8.78. The number of carbonyl (C=O) groups is 2. The number of hydrogen-bond acceptors (Lipinski definition) is 4. The molecular weight excluding hydrogens is 344 g/mol. The van der Waals surface area contributed by atoms with Gasteiger partial charge in [0.2, 0.25) is 11.8 Å². The van der Waals surface area contributed by atoms with E-state index in [0.29, 0.717) is 6.54 Å². The molecule has 0 radical (unpaired) electrons. The minimum atomic E-state index is -0.214. The summed E-state index contributed by atoms with van der Waals surface area (Å²) in [4.78, 5) is 26.5. The number of nitrogens with one attached hydrogen (secondary N) is 1. The van der Waals surface area contributed by atoms with Crippen LogP contribution in [0.3, 0.4) is 0 Å². The topological polar surface area (TPSA) is 76.5 Å². The van der Waals surface area contributed by atoms with Crippen LogP contribution in [-0.2, 0) is 16.1 Å². The van der Waals surface area contributed by atoms with E-state index in [9.17, 15) is 9.59 Å². The predicted octanol–water partition coefficient (Wildman–Crippen LogP) is 1.97. The van der Waals surface area contributed by atoms with Gasteiger partial charge in [0.15, 0.2) is 0 Å². The number of anilines is 1. The third-order valence-corrected chi connectivity index (χ3v) is 4.72. The molecule has 1 fully saturated rings. The first-order valence-electron chi connectivity index (χ1n) is 8.78. The Morgan fingerprint density at radius 2 is 2.00 bits per heavy atom. The van der Waals surface area contributed by atoms with Gasteiger partial charge >= 0.3 is 0 Å². The van der Waals surface area contributed by atoms with Gasteiger partial charge in [0.05, 0.1) is 24.9 Å². The Bertz CT molecular complexity index is 980. The van der Waals surface area contributed by atoms with Crippen LogP contribution < -0.4 is 15.0 Å². The summed E-state index contributed by atoms with van der Waals surface area (Å²) in [6.45, 7) is 0.581. The molecule has 7 nitrogen and oxygen atoms in total. The lowest BCUT2D eigenvalue weighted by molar-refractivity contribution is -0.122. The van der Waals surface area contributed by atoms with Crippen molar-refractivity contribution in [3.05, 3.63) is 54.7 Å². The molecule has 0 aliphatic carbocycles. The highest BCUT2D eigenvalue weighted by molar-refractivity contribution is 5.97. The highest BCUT2D eigenvalue weighted by Crippen LogP contribution is 2.24. The molecule has 7 heteroatoms. The summed E-state index contributed by atoms with van der Waals surface area (Å²) in [6, 6.07) is 14.9. The highest BCUT2D eigenvalue weighted by Gasteiger charge is 2.31. The minimum Gasteiger partial charge on any atom is -0.497 e. The van der Waals surface area contributed by atoms with Gasteiger partial charge in [-0.15, -0.1) is 0 Å². The fourth-order valence-electron chi connectivity index (χ4n) is 3.38. The first-order chi connectivity index (χ1) is 13.1. The molecule has 1 N–H and O–H groups in total. The van der Waals surface area contributed by atoms with Crippen molar-refractivity contribution < 1.29 is 14.3 Å². The molecule has 2 aromatic carbocycles. The van der Waals surface area contributed by atoms with Crippen LogP contribution in [0.25, 0.3) is 10.9 Å². The first kappa shape index (κ1) is 17.1. The fraction of sp³-hybridized carbons (Fsp3) is 0.250. The molecule has 1 atom stereocenters. The number of hydrogen-bond donors (Lipinski definition) is 1.